The zero-order chi connectivity index (χ0) is 18.9. The van der Waals surface area contributed by atoms with Crippen LogP contribution in [0.2, 0.25) is 0 Å². The highest BCUT2D eigenvalue weighted by atomic mass is 79.9. The van der Waals surface area contributed by atoms with Crippen LogP contribution in [0.4, 0.5) is 5.69 Å². The maximum absolute atomic E-state index is 13.4. The van der Waals surface area contributed by atoms with Gasteiger partial charge in [-0.25, -0.2) is 0 Å². The molecule has 3 heterocycles. The summed E-state index contributed by atoms with van der Waals surface area (Å²) in [5, 5.41) is 1.77. The lowest BCUT2D eigenvalue weighted by molar-refractivity contribution is -0.121. The fourth-order valence-electron chi connectivity index (χ4n) is 4.48. The van der Waals surface area contributed by atoms with Crippen molar-refractivity contribution in [1.82, 2.24) is 9.88 Å². The Hall–Kier alpha value is -2.18. The van der Waals surface area contributed by atoms with Gasteiger partial charge in [0.1, 0.15) is 6.04 Å². The number of thiocarbonyl (C=S) groups is 1. The summed E-state index contributed by atoms with van der Waals surface area (Å²) in [5.74, 6) is 0.0475. The van der Waals surface area contributed by atoms with Crippen molar-refractivity contribution in [1.29, 1.82) is 0 Å². The third-order valence-corrected chi connectivity index (χ3v) is 6.63. The van der Waals surface area contributed by atoms with Crippen molar-refractivity contribution >= 4 is 55.8 Å². The molecule has 2 aromatic carbocycles. The van der Waals surface area contributed by atoms with E-state index in [0.717, 1.165) is 21.4 Å². The van der Waals surface area contributed by atoms with Gasteiger partial charge in [0.15, 0.2) is 5.11 Å². The fourth-order valence-corrected chi connectivity index (χ4v) is 5.29. The van der Waals surface area contributed by atoms with Crippen LogP contribution in [0.3, 0.4) is 0 Å². The first-order chi connectivity index (χ1) is 12.9. The van der Waals surface area contributed by atoms with Crippen LogP contribution in [0.15, 0.2) is 53.0 Å². The third-order valence-electron chi connectivity index (χ3n) is 5.72. The largest absolute Gasteiger partial charge is 0.356 e. The molecule has 1 fully saturated rings. The van der Waals surface area contributed by atoms with Crippen LogP contribution in [0.25, 0.3) is 10.9 Å². The van der Waals surface area contributed by atoms with Gasteiger partial charge in [0.05, 0.1) is 11.2 Å². The van der Waals surface area contributed by atoms with E-state index in [4.69, 9.17) is 12.2 Å². The van der Waals surface area contributed by atoms with Crippen LogP contribution in [0, 0.1) is 0 Å². The number of nitrogens with one attached hydrogen (secondary N) is 1. The molecule has 3 aromatic rings. The van der Waals surface area contributed by atoms with Gasteiger partial charge in [0, 0.05) is 27.5 Å². The van der Waals surface area contributed by atoms with Crippen LogP contribution in [-0.4, -0.2) is 26.9 Å². The minimum atomic E-state index is -0.395. The number of nitrogens with zero attached hydrogens (tertiary/aromatic N) is 2. The lowest BCUT2D eigenvalue weighted by Crippen LogP contribution is -2.52. The number of anilines is 1. The summed E-state index contributed by atoms with van der Waals surface area (Å²) < 4.78 is 0.975. The Balaban J connectivity index is 1.65. The average Bonchev–Trinajstić information content (AvgIpc) is 3.14. The molecule has 27 heavy (non-hydrogen) atoms. The number of benzene rings is 2. The first-order valence-corrected chi connectivity index (χ1v) is 10.1. The number of aromatic nitrogens is 1. The molecule has 4 nitrogen and oxygen atoms in total. The number of rotatable bonds is 1. The lowest BCUT2D eigenvalue weighted by atomic mass is 9.85. The molecule has 0 saturated carbocycles. The molecule has 0 bridgehead atoms. The van der Waals surface area contributed by atoms with E-state index in [1.54, 1.807) is 4.90 Å². The highest BCUT2D eigenvalue weighted by Gasteiger charge is 2.53. The number of para-hydroxylation sites is 1. The van der Waals surface area contributed by atoms with E-state index in [2.05, 4.69) is 51.8 Å². The topological polar surface area (TPSA) is 39.3 Å². The number of halogens is 1. The molecule has 136 valence electrons. The van der Waals surface area contributed by atoms with Gasteiger partial charge >= 0.3 is 0 Å². The SMILES string of the molecule is CC1(C)c2[nH]c3ccccc3c2CC2C(=O)N(c3ccc(Br)cc3)C(=S)N21. The van der Waals surface area contributed by atoms with Gasteiger partial charge in [-0.05, 0) is 62.0 Å². The number of hydrogen-bond acceptors (Lipinski definition) is 2. The number of fused-ring (bicyclic) bond motifs is 4. The Labute approximate surface area is 171 Å². The standard InChI is InChI=1S/C21H18BrN3OS/c1-21(2)18-15(14-5-3-4-6-16(14)23-18)11-17-19(26)24(20(27)25(17)21)13-9-7-12(22)8-10-13/h3-10,17,23H,11H2,1-2H3. The minimum absolute atomic E-state index is 0.0475. The molecule has 6 heteroatoms. The number of aromatic amines is 1. The number of hydrogen-bond donors (Lipinski definition) is 1. The first kappa shape index (κ1) is 17.0. The second kappa shape index (κ2) is 5.66. The quantitative estimate of drug-likeness (QED) is 0.557. The van der Waals surface area contributed by atoms with Crippen LogP contribution >= 0.6 is 28.1 Å². The molecule has 2 aliphatic rings. The highest BCUT2D eigenvalue weighted by Crippen LogP contribution is 2.45. The monoisotopic (exact) mass is 439 g/mol. The number of H-pyrrole nitrogens is 1. The summed E-state index contributed by atoms with van der Waals surface area (Å²) in [6, 6.07) is 15.7. The summed E-state index contributed by atoms with van der Waals surface area (Å²) in [7, 11) is 0. The summed E-state index contributed by atoms with van der Waals surface area (Å²) in [4.78, 5) is 20.7. The predicted molar refractivity (Wildman–Crippen MR) is 115 cm³/mol. The van der Waals surface area contributed by atoms with Crippen molar-refractivity contribution in [2.75, 3.05) is 4.90 Å². The fraction of sp³-hybridized carbons (Fsp3) is 0.238. The van der Waals surface area contributed by atoms with E-state index in [0.29, 0.717) is 11.5 Å². The smallest absolute Gasteiger partial charge is 0.256 e. The molecule has 5 rings (SSSR count). The van der Waals surface area contributed by atoms with Crippen molar-refractivity contribution in [3.63, 3.8) is 0 Å². The lowest BCUT2D eigenvalue weighted by Gasteiger charge is -2.43. The van der Waals surface area contributed by atoms with Crippen molar-refractivity contribution in [3.8, 4) is 0 Å². The summed E-state index contributed by atoms with van der Waals surface area (Å²) in [5.41, 5.74) is 3.90. The van der Waals surface area contributed by atoms with Gasteiger partial charge in [-0.3, -0.25) is 9.69 Å². The Morgan fingerprint density at radius 3 is 2.59 bits per heavy atom. The molecule has 1 atom stereocenters. The molecule has 1 amide bonds. The second-order valence-electron chi connectivity index (χ2n) is 7.61. The van der Waals surface area contributed by atoms with Crippen molar-refractivity contribution < 1.29 is 4.79 Å². The summed E-state index contributed by atoms with van der Waals surface area (Å²) in [6.45, 7) is 4.27. The molecular weight excluding hydrogens is 422 g/mol. The van der Waals surface area contributed by atoms with Crippen LogP contribution in [0.1, 0.15) is 25.1 Å². The van der Waals surface area contributed by atoms with E-state index in [9.17, 15) is 4.79 Å². The van der Waals surface area contributed by atoms with E-state index in [1.807, 2.05) is 36.4 Å². The highest BCUT2D eigenvalue weighted by molar-refractivity contribution is 9.10. The normalized spacial score (nSPS) is 20.9. The van der Waals surface area contributed by atoms with E-state index in [-0.39, 0.29) is 11.9 Å². The van der Waals surface area contributed by atoms with Crippen molar-refractivity contribution in [3.05, 3.63) is 64.3 Å². The Morgan fingerprint density at radius 2 is 1.85 bits per heavy atom. The number of carbonyl (C=O) groups is 1. The molecule has 0 aliphatic carbocycles. The maximum Gasteiger partial charge on any atom is 0.256 e. The van der Waals surface area contributed by atoms with Crippen LogP contribution in [0.5, 0.6) is 0 Å². The summed E-state index contributed by atoms with van der Waals surface area (Å²) in [6.07, 6.45) is 0.661. The molecule has 1 aromatic heterocycles. The second-order valence-corrected chi connectivity index (χ2v) is 8.89. The third kappa shape index (κ3) is 2.26. The van der Waals surface area contributed by atoms with Gasteiger partial charge < -0.3 is 9.88 Å². The number of amides is 1. The van der Waals surface area contributed by atoms with Crippen molar-refractivity contribution in [2.24, 2.45) is 0 Å². The molecule has 2 aliphatic heterocycles. The van der Waals surface area contributed by atoms with E-state index >= 15 is 0 Å². The molecular formula is C21H18BrN3OS. The zero-order valence-electron chi connectivity index (χ0n) is 15.0. The van der Waals surface area contributed by atoms with Crippen molar-refractivity contribution in [2.45, 2.75) is 31.8 Å². The first-order valence-electron chi connectivity index (χ1n) is 8.92. The van der Waals surface area contributed by atoms with Gasteiger partial charge in [-0.15, -0.1) is 0 Å². The molecule has 1 N–H and O–H groups in total. The minimum Gasteiger partial charge on any atom is -0.356 e. The van der Waals surface area contributed by atoms with Crippen LogP contribution in [-0.2, 0) is 16.8 Å². The van der Waals surface area contributed by atoms with Gasteiger partial charge in [0.25, 0.3) is 5.91 Å². The zero-order valence-corrected chi connectivity index (χ0v) is 17.4. The maximum atomic E-state index is 13.4. The Kier molecular flexibility index (Phi) is 3.55. The average molecular weight is 440 g/mol. The van der Waals surface area contributed by atoms with E-state index in [1.165, 1.54) is 10.9 Å². The molecule has 1 saturated heterocycles. The van der Waals surface area contributed by atoms with Gasteiger partial charge in [-0.2, -0.15) is 0 Å². The molecule has 1 unspecified atom stereocenters. The Bertz CT molecular complexity index is 1100. The number of carbonyl (C=O) groups excluding carboxylic acids is 1. The van der Waals surface area contributed by atoms with Crippen LogP contribution < -0.4 is 4.90 Å². The van der Waals surface area contributed by atoms with Gasteiger partial charge in [-0.1, -0.05) is 34.1 Å². The Morgan fingerprint density at radius 1 is 1.15 bits per heavy atom. The van der Waals surface area contributed by atoms with E-state index < -0.39 is 5.54 Å². The van der Waals surface area contributed by atoms with Gasteiger partial charge in [0.2, 0.25) is 0 Å². The molecule has 0 radical (unpaired) electrons. The summed E-state index contributed by atoms with van der Waals surface area (Å²) >= 11 is 9.24. The predicted octanol–water partition coefficient (Wildman–Crippen LogP) is 4.72. The molecule has 0 spiro atoms.